The number of amides is 3. The molecule has 1 aromatic carbocycles. The Hall–Kier alpha value is -3.01. The Morgan fingerprint density at radius 3 is 2.57 bits per heavy atom. The number of benzene rings is 1. The molecule has 0 aliphatic carbocycles. The number of nitrogens with zero attached hydrogens (tertiary/aromatic N) is 3. The third-order valence-corrected chi connectivity index (χ3v) is 4.50. The summed E-state index contributed by atoms with van der Waals surface area (Å²) in [6.07, 6.45) is 0.936. The maximum atomic E-state index is 14.0. The van der Waals surface area contributed by atoms with Gasteiger partial charge >= 0.3 is 6.03 Å². The topological polar surface area (TPSA) is 110 Å². The van der Waals surface area contributed by atoms with Crippen molar-refractivity contribution in [2.45, 2.75) is 25.3 Å². The summed E-state index contributed by atoms with van der Waals surface area (Å²) in [7, 11) is 3.05. The zero-order valence-corrected chi connectivity index (χ0v) is 15.9. The lowest BCUT2D eigenvalue weighted by Crippen LogP contribution is -2.51. The molecule has 1 aliphatic heterocycles. The first-order valence-corrected chi connectivity index (χ1v) is 8.80. The summed E-state index contributed by atoms with van der Waals surface area (Å²) in [5.41, 5.74) is -0.699. The molecule has 0 unspecified atom stereocenters. The van der Waals surface area contributed by atoms with Crippen molar-refractivity contribution >= 4 is 17.6 Å². The molecule has 1 aliphatic rings. The van der Waals surface area contributed by atoms with Crippen LogP contribution in [0.5, 0.6) is 0 Å². The predicted molar refractivity (Wildman–Crippen MR) is 97.3 cm³/mol. The second-order valence-electron chi connectivity index (χ2n) is 6.81. The van der Waals surface area contributed by atoms with E-state index in [2.05, 4.69) is 20.8 Å². The number of halogens is 1. The van der Waals surface area contributed by atoms with Gasteiger partial charge in [-0.25, -0.2) is 9.18 Å². The van der Waals surface area contributed by atoms with Crippen molar-refractivity contribution in [3.8, 4) is 0 Å². The molecule has 2 heterocycles. The highest BCUT2D eigenvalue weighted by atomic mass is 19.1. The summed E-state index contributed by atoms with van der Waals surface area (Å²) in [6.45, 7) is 2.56. The second kappa shape index (κ2) is 7.93. The normalized spacial score (nSPS) is 15.7. The van der Waals surface area contributed by atoms with Gasteiger partial charge < -0.3 is 24.8 Å². The quantitative estimate of drug-likeness (QED) is 0.826. The highest BCUT2D eigenvalue weighted by Crippen LogP contribution is 2.31. The average molecular weight is 391 g/mol. The Morgan fingerprint density at radius 2 is 1.96 bits per heavy atom. The summed E-state index contributed by atoms with van der Waals surface area (Å²) < 4.78 is 24.6. The standard InChI is InChI=1S/C18H22FN5O4/c1-11-20-16(28-23-11)18(6-8-27-9-7-18)22-17(26)21-12-4-5-14(19)13(10-12)15(25)24(2)3/h4-5,10H,6-9H2,1-3H3,(H2,21,22,26). The van der Waals surface area contributed by atoms with Crippen LogP contribution >= 0.6 is 0 Å². The number of carbonyl (C=O) groups is 2. The molecular formula is C18H22FN5O4. The zero-order chi connectivity index (χ0) is 20.3. The Morgan fingerprint density at radius 1 is 1.25 bits per heavy atom. The van der Waals surface area contributed by atoms with E-state index in [9.17, 15) is 14.0 Å². The highest BCUT2D eigenvalue weighted by Gasteiger charge is 2.41. The van der Waals surface area contributed by atoms with Crippen LogP contribution in [0.25, 0.3) is 0 Å². The highest BCUT2D eigenvalue weighted by molar-refractivity contribution is 5.97. The number of hydrogen-bond donors (Lipinski definition) is 2. The largest absolute Gasteiger partial charge is 0.381 e. The molecule has 1 aromatic heterocycles. The SMILES string of the molecule is Cc1noc(C2(NC(=O)Nc3ccc(F)c(C(=O)N(C)C)c3)CCOCC2)n1. The van der Waals surface area contributed by atoms with Crippen LogP contribution in [0.4, 0.5) is 14.9 Å². The molecule has 0 bridgehead atoms. The van der Waals surface area contributed by atoms with Gasteiger partial charge in [0.2, 0.25) is 0 Å². The number of urea groups is 1. The van der Waals surface area contributed by atoms with E-state index < -0.39 is 23.3 Å². The minimum absolute atomic E-state index is 0.129. The average Bonchev–Trinajstić information content (AvgIpc) is 3.10. The van der Waals surface area contributed by atoms with Gasteiger partial charge in [-0.1, -0.05) is 5.16 Å². The Kier molecular flexibility index (Phi) is 5.59. The number of anilines is 1. The minimum atomic E-state index is -0.855. The predicted octanol–water partition coefficient (Wildman–Crippen LogP) is 2.05. The molecule has 1 saturated heterocycles. The fraction of sp³-hybridized carbons (Fsp3) is 0.444. The molecule has 1 fully saturated rings. The maximum Gasteiger partial charge on any atom is 0.320 e. The van der Waals surface area contributed by atoms with E-state index in [1.807, 2.05) is 0 Å². The summed E-state index contributed by atoms with van der Waals surface area (Å²) in [5.74, 6) is -0.379. The molecule has 0 atom stereocenters. The van der Waals surface area contributed by atoms with Crippen LogP contribution in [0, 0.1) is 12.7 Å². The van der Waals surface area contributed by atoms with Crippen LogP contribution in [0.15, 0.2) is 22.7 Å². The van der Waals surface area contributed by atoms with Crippen molar-refractivity contribution in [2.24, 2.45) is 0 Å². The number of aromatic nitrogens is 2. The fourth-order valence-electron chi connectivity index (χ4n) is 2.99. The van der Waals surface area contributed by atoms with Crippen molar-refractivity contribution in [1.82, 2.24) is 20.4 Å². The van der Waals surface area contributed by atoms with Crippen molar-refractivity contribution in [3.05, 3.63) is 41.3 Å². The number of aryl methyl sites for hydroxylation is 1. The van der Waals surface area contributed by atoms with Gasteiger partial charge in [0.05, 0.1) is 5.56 Å². The van der Waals surface area contributed by atoms with E-state index in [0.717, 1.165) is 6.07 Å². The molecule has 2 N–H and O–H groups in total. The van der Waals surface area contributed by atoms with Gasteiger partial charge in [0.25, 0.3) is 11.8 Å². The Bertz CT molecular complexity index is 877. The van der Waals surface area contributed by atoms with Gasteiger partial charge in [0.1, 0.15) is 11.4 Å². The molecule has 3 rings (SSSR count). The summed E-state index contributed by atoms with van der Waals surface area (Å²) in [4.78, 5) is 30.2. The van der Waals surface area contributed by atoms with Crippen molar-refractivity contribution < 1.29 is 23.2 Å². The lowest BCUT2D eigenvalue weighted by atomic mass is 9.90. The summed E-state index contributed by atoms with van der Waals surface area (Å²) in [5, 5.41) is 9.32. The van der Waals surface area contributed by atoms with Crippen LogP contribution in [-0.2, 0) is 10.3 Å². The van der Waals surface area contributed by atoms with E-state index in [1.165, 1.54) is 31.1 Å². The van der Waals surface area contributed by atoms with Crippen LogP contribution in [0.2, 0.25) is 0 Å². The molecule has 0 saturated carbocycles. The first kappa shape index (κ1) is 19.7. The van der Waals surface area contributed by atoms with E-state index >= 15 is 0 Å². The van der Waals surface area contributed by atoms with Gasteiger partial charge in [-0.2, -0.15) is 4.98 Å². The van der Waals surface area contributed by atoms with Crippen LogP contribution in [0.1, 0.15) is 34.9 Å². The van der Waals surface area contributed by atoms with Crippen molar-refractivity contribution in [3.63, 3.8) is 0 Å². The first-order valence-electron chi connectivity index (χ1n) is 8.80. The molecule has 150 valence electrons. The number of hydrogen-bond acceptors (Lipinski definition) is 6. The van der Waals surface area contributed by atoms with Crippen molar-refractivity contribution in [1.29, 1.82) is 0 Å². The molecule has 3 amide bonds. The Balaban J connectivity index is 1.78. The van der Waals surface area contributed by atoms with Crippen molar-refractivity contribution in [2.75, 3.05) is 32.6 Å². The van der Waals surface area contributed by atoms with Gasteiger partial charge in [-0.05, 0) is 25.1 Å². The van der Waals surface area contributed by atoms with Gasteiger partial charge in [-0.3, -0.25) is 4.79 Å². The van der Waals surface area contributed by atoms with Gasteiger partial charge in [0.15, 0.2) is 5.82 Å². The van der Waals surface area contributed by atoms with Crippen LogP contribution in [0.3, 0.4) is 0 Å². The molecule has 9 nitrogen and oxygen atoms in total. The van der Waals surface area contributed by atoms with Gasteiger partial charge in [0, 0.05) is 45.8 Å². The van der Waals surface area contributed by atoms with Crippen LogP contribution < -0.4 is 10.6 Å². The molecule has 28 heavy (non-hydrogen) atoms. The summed E-state index contributed by atoms with van der Waals surface area (Å²) >= 11 is 0. The zero-order valence-electron chi connectivity index (χ0n) is 15.9. The molecule has 0 radical (unpaired) electrons. The smallest absolute Gasteiger partial charge is 0.320 e. The first-order chi connectivity index (χ1) is 13.3. The fourth-order valence-corrected chi connectivity index (χ4v) is 2.99. The molecule has 0 spiro atoms. The maximum absolute atomic E-state index is 14.0. The number of nitrogens with one attached hydrogen (secondary N) is 2. The number of ether oxygens (including phenoxy) is 1. The lowest BCUT2D eigenvalue weighted by molar-refractivity contribution is 0.0285. The number of rotatable bonds is 4. The van der Waals surface area contributed by atoms with E-state index in [4.69, 9.17) is 9.26 Å². The van der Waals surface area contributed by atoms with E-state index in [1.54, 1.807) is 6.92 Å². The second-order valence-corrected chi connectivity index (χ2v) is 6.81. The molecule has 2 aromatic rings. The van der Waals surface area contributed by atoms with E-state index in [0.29, 0.717) is 37.8 Å². The Labute approximate surface area is 161 Å². The molecule has 10 heteroatoms. The van der Waals surface area contributed by atoms with Gasteiger partial charge in [-0.15, -0.1) is 0 Å². The third kappa shape index (κ3) is 4.11. The summed E-state index contributed by atoms with van der Waals surface area (Å²) in [6, 6.07) is 3.28. The van der Waals surface area contributed by atoms with E-state index in [-0.39, 0.29) is 11.3 Å². The molecular weight excluding hydrogens is 369 g/mol. The van der Waals surface area contributed by atoms with Crippen LogP contribution in [-0.4, -0.2) is 54.3 Å². The minimum Gasteiger partial charge on any atom is -0.381 e. The monoisotopic (exact) mass is 391 g/mol. The number of carbonyl (C=O) groups excluding carboxylic acids is 2. The lowest BCUT2D eigenvalue weighted by Gasteiger charge is -2.34. The third-order valence-electron chi connectivity index (χ3n) is 4.50.